The van der Waals surface area contributed by atoms with E-state index < -0.39 is 5.91 Å². The van der Waals surface area contributed by atoms with E-state index in [0.29, 0.717) is 20.5 Å². The summed E-state index contributed by atoms with van der Waals surface area (Å²) in [4.78, 5) is 37.6. The molecule has 1 N–H and O–H groups in total. The van der Waals surface area contributed by atoms with Gasteiger partial charge in [0.1, 0.15) is 0 Å². The lowest BCUT2D eigenvalue weighted by molar-refractivity contribution is -0.121. The maximum Gasteiger partial charge on any atom is 0.322 e. The van der Waals surface area contributed by atoms with Crippen molar-refractivity contribution in [1.29, 1.82) is 0 Å². The number of amides is 3. The molecule has 2 aromatic heterocycles. The molecular formula is C17H11ClN4O4S. The molecular weight excluding hydrogens is 392 g/mol. The minimum atomic E-state index is -0.458. The fourth-order valence-corrected chi connectivity index (χ4v) is 3.56. The standard InChI is InChI=1S/C17H11ClN4O4S/c18-12-6-5-11(27-12)16-20-21-17(26-16)19-15(25)9-1-3-10(4-2-9)22-13(23)7-8-14(22)24/h1-6H,7-8H2,(H,19,21,25). The molecule has 1 fully saturated rings. The molecule has 3 amide bonds. The van der Waals surface area contributed by atoms with Crippen LogP contribution in [0.5, 0.6) is 0 Å². The van der Waals surface area contributed by atoms with E-state index >= 15 is 0 Å². The predicted octanol–water partition coefficient (Wildman–Crippen LogP) is 3.36. The highest BCUT2D eigenvalue weighted by Crippen LogP contribution is 2.30. The molecule has 1 aliphatic heterocycles. The largest absolute Gasteiger partial charge is 0.402 e. The Morgan fingerprint density at radius 3 is 2.41 bits per heavy atom. The molecule has 0 bridgehead atoms. The van der Waals surface area contributed by atoms with E-state index in [-0.39, 0.29) is 36.6 Å². The summed E-state index contributed by atoms with van der Waals surface area (Å²) in [6, 6.07) is 9.52. The Balaban J connectivity index is 1.46. The van der Waals surface area contributed by atoms with Gasteiger partial charge in [-0.15, -0.1) is 16.4 Å². The van der Waals surface area contributed by atoms with E-state index in [1.165, 1.54) is 23.5 Å². The first-order chi connectivity index (χ1) is 13.0. The zero-order valence-electron chi connectivity index (χ0n) is 13.6. The third-order valence-corrected chi connectivity index (χ3v) is 5.09. The van der Waals surface area contributed by atoms with Gasteiger partial charge in [-0.2, -0.15) is 0 Å². The van der Waals surface area contributed by atoms with E-state index in [1.54, 1.807) is 24.3 Å². The quantitative estimate of drug-likeness (QED) is 0.671. The number of anilines is 2. The van der Waals surface area contributed by atoms with Gasteiger partial charge < -0.3 is 4.42 Å². The van der Waals surface area contributed by atoms with Crippen LogP contribution in [0.3, 0.4) is 0 Å². The van der Waals surface area contributed by atoms with Crippen molar-refractivity contribution in [2.45, 2.75) is 12.8 Å². The van der Waals surface area contributed by atoms with Gasteiger partial charge in [0.2, 0.25) is 11.8 Å². The molecule has 0 unspecified atom stereocenters. The highest BCUT2D eigenvalue weighted by Gasteiger charge is 2.30. The second kappa shape index (κ2) is 6.93. The molecule has 1 aromatic carbocycles. The Morgan fingerprint density at radius 1 is 1.07 bits per heavy atom. The lowest BCUT2D eigenvalue weighted by Gasteiger charge is -2.13. The summed E-state index contributed by atoms with van der Waals surface area (Å²) < 4.78 is 6.00. The van der Waals surface area contributed by atoms with Crippen molar-refractivity contribution in [2.75, 3.05) is 10.2 Å². The Bertz CT molecular complexity index is 1030. The first-order valence-corrected chi connectivity index (χ1v) is 9.07. The van der Waals surface area contributed by atoms with Crippen LogP contribution in [-0.2, 0) is 9.59 Å². The summed E-state index contributed by atoms with van der Waals surface area (Å²) in [5, 5.41) is 10.2. The van der Waals surface area contributed by atoms with Crippen molar-refractivity contribution in [3.8, 4) is 10.8 Å². The van der Waals surface area contributed by atoms with Crippen molar-refractivity contribution in [1.82, 2.24) is 10.2 Å². The van der Waals surface area contributed by atoms with Crippen LogP contribution in [0.4, 0.5) is 11.7 Å². The zero-order chi connectivity index (χ0) is 19.0. The molecule has 27 heavy (non-hydrogen) atoms. The highest BCUT2D eigenvalue weighted by molar-refractivity contribution is 7.19. The predicted molar refractivity (Wildman–Crippen MR) is 98.7 cm³/mol. The van der Waals surface area contributed by atoms with Gasteiger partial charge in [-0.1, -0.05) is 16.7 Å². The number of benzene rings is 1. The van der Waals surface area contributed by atoms with Crippen LogP contribution in [0, 0.1) is 0 Å². The third kappa shape index (κ3) is 3.46. The Hall–Kier alpha value is -3.04. The molecule has 0 radical (unpaired) electrons. The first kappa shape index (κ1) is 17.4. The van der Waals surface area contributed by atoms with Gasteiger partial charge in [0.25, 0.3) is 11.8 Å². The summed E-state index contributed by atoms with van der Waals surface area (Å²) in [5.74, 6) is -0.697. The second-order valence-electron chi connectivity index (χ2n) is 5.64. The normalized spacial score (nSPS) is 14.0. The van der Waals surface area contributed by atoms with Gasteiger partial charge >= 0.3 is 6.01 Å². The number of thiophene rings is 1. The Labute approximate surface area is 161 Å². The average Bonchev–Trinajstić information content (AvgIpc) is 3.36. The molecule has 0 atom stereocenters. The number of halogens is 1. The second-order valence-corrected chi connectivity index (χ2v) is 7.36. The van der Waals surface area contributed by atoms with Gasteiger partial charge in [-0.3, -0.25) is 24.6 Å². The molecule has 1 saturated heterocycles. The molecule has 8 nitrogen and oxygen atoms in total. The number of hydrogen-bond acceptors (Lipinski definition) is 7. The van der Waals surface area contributed by atoms with E-state index in [1.807, 2.05) is 0 Å². The summed E-state index contributed by atoms with van der Waals surface area (Å²) >= 11 is 7.15. The molecule has 3 heterocycles. The average molecular weight is 403 g/mol. The number of nitrogens with one attached hydrogen (secondary N) is 1. The van der Waals surface area contributed by atoms with Gasteiger partial charge in [-0.05, 0) is 36.4 Å². The highest BCUT2D eigenvalue weighted by atomic mass is 35.5. The molecule has 4 rings (SSSR count). The van der Waals surface area contributed by atoms with Crippen LogP contribution >= 0.6 is 22.9 Å². The molecule has 1 aliphatic rings. The topological polar surface area (TPSA) is 105 Å². The monoisotopic (exact) mass is 402 g/mol. The fraction of sp³-hybridized carbons (Fsp3) is 0.118. The number of hydrogen-bond donors (Lipinski definition) is 1. The van der Waals surface area contributed by atoms with Gasteiger partial charge in [0.15, 0.2) is 0 Å². The zero-order valence-corrected chi connectivity index (χ0v) is 15.2. The molecule has 0 spiro atoms. The maximum absolute atomic E-state index is 12.3. The molecule has 10 heteroatoms. The maximum atomic E-state index is 12.3. The van der Waals surface area contributed by atoms with Gasteiger partial charge in [0.05, 0.1) is 14.9 Å². The third-order valence-electron chi connectivity index (χ3n) is 3.87. The fourth-order valence-electron chi connectivity index (χ4n) is 2.60. The smallest absolute Gasteiger partial charge is 0.322 e. The number of carbonyl (C=O) groups excluding carboxylic acids is 3. The summed E-state index contributed by atoms with van der Waals surface area (Å²) in [7, 11) is 0. The van der Waals surface area contributed by atoms with E-state index in [2.05, 4.69) is 15.5 Å². The van der Waals surface area contributed by atoms with E-state index in [4.69, 9.17) is 16.0 Å². The van der Waals surface area contributed by atoms with Gasteiger partial charge in [-0.25, -0.2) is 0 Å². The summed E-state index contributed by atoms with van der Waals surface area (Å²) in [5.41, 5.74) is 0.755. The summed E-state index contributed by atoms with van der Waals surface area (Å²) in [6.45, 7) is 0. The Morgan fingerprint density at radius 2 is 1.78 bits per heavy atom. The van der Waals surface area contributed by atoms with Crippen molar-refractivity contribution in [2.24, 2.45) is 0 Å². The molecule has 0 aliphatic carbocycles. The molecule has 136 valence electrons. The number of aromatic nitrogens is 2. The van der Waals surface area contributed by atoms with Gasteiger partial charge in [0, 0.05) is 18.4 Å². The van der Waals surface area contributed by atoms with Crippen molar-refractivity contribution in [3.63, 3.8) is 0 Å². The van der Waals surface area contributed by atoms with Crippen molar-refractivity contribution in [3.05, 3.63) is 46.3 Å². The van der Waals surface area contributed by atoms with E-state index in [0.717, 1.165) is 4.90 Å². The lowest BCUT2D eigenvalue weighted by atomic mass is 10.2. The van der Waals surface area contributed by atoms with Crippen LogP contribution in [0.2, 0.25) is 4.34 Å². The first-order valence-electron chi connectivity index (χ1n) is 7.88. The number of carbonyl (C=O) groups is 3. The summed E-state index contributed by atoms with van der Waals surface area (Å²) in [6.07, 6.45) is 0.409. The molecule has 3 aromatic rings. The number of nitrogens with zero attached hydrogens (tertiary/aromatic N) is 3. The van der Waals surface area contributed by atoms with Crippen LogP contribution in [-0.4, -0.2) is 27.9 Å². The Kier molecular flexibility index (Phi) is 4.46. The van der Waals surface area contributed by atoms with Crippen molar-refractivity contribution >= 4 is 52.4 Å². The van der Waals surface area contributed by atoms with Crippen molar-refractivity contribution < 1.29 is 18.8 Å². The van der Waals surface area contributed by atoms with Crippen LogP contribution in [0.15, 0.2) is 40.8 Å². The number of imide groups is 1. The van der Waals surface area contributed by atoms with Crippen LogP contribution in [0.25, 0.3) is 10.8 Å². The minimum Gasteiger partial charge on any atom is -0.402 e. The number of rotatable bonds is 4. The van der Waals surface area contributed by atoms with E-state index in [9.17, 15) is 14.4 Å². The SMILES string of the molecule is O=C(Nc1nnc(-c2ccc(Cl)s2)o1)c1ccc(N2C(=O)CCC2=O)cc1. The lowest BCUT2D eigenvalue weighted by Crippen LogP contribution is -2.28. The van der Waals surface area contributed by atoms with Crippen LogP contribution in [0.1, 0.15) is 23.2 Å². The molecule has 0 saturated carbocycles. The minimum absolute atomic E-state index is 0.0477. The van der Waals surface area contributed by atoms with Crippen LogP contribution < -0.4 is 10.2 Å².